The Morgan fingerprint density at radius 1 is 0.485 bits per heavy atom. The SMILES string of the molecule is CNC(=O)c1ccc(Nc2ncc3c(n2)N(C)c2sc(C)nc2C(=O)N3C)cc1.Cc1nc2c(s1)N(C)c1nc(Nc3ccc(N4CCN(S(C)(=O)=O)CC4)cc3C)ncc1N(C)C2=O.Cc1nc2c(s1)N(C)c1nc(Nc3ccc(N4CCNCC4)cc3C)ncc1N(C)C2=O. The number of carbonyl (C=O) groups excluding carboxylic acids is 4. The van der Waals surface area contributed by atoms with Crippen molar-refractivity contribution < 1.29 is 27.6 Å². The summed E-state index contributed by atoms with van der Waals surface area (Å²) in [5.74, 6) is 2.48. The second-order valence-electron chi connectivity index (χ2n) is 23.6. The number of hydrogen-bond acceptors (Lipinski definition) is 27. The zero-order valence-corrected chi connectivity index (χ0v) is 59.1. The van der Waals surface area contributed by atoms with Crippen molar-refractivity contribution in [1.29, 1.82) is 0 Å². The van der Waals surface area contributed by atoms with Crippen LogP contribution in [0.2, 0.25) is 0 Å². The molecule has 11 heterocycles. The molecule has 0 spiro atoms. The molecule has 0 unspecified atom stereocenters. The average molecular weight is 1390 g/mol. The van der Waals surface area contributed by atoms with Crippen molar-refractivity contribution in [2.24, 2.45) is 0 Å². The summed E-state index contributed by atoms with van der Waals surface area (Å²) in [7, 11) is 9.19. The van der Waals surface area contributed by atoms with E-state index >= 15 is 0 Å². The highest BCUT2D eigenvalue weighted by Gasteiger charge is 2.36. The maximum atomic E-state index is 12.9. The van der Waals surface area contributed by atoms with E-state index in [0.717, 1.165) is 90.1 Å². The molecule has 9 aromatic rings. The van der Waals surface area contributed by atoms with E-state index in [1.807, 2.05) is 75.7 Å². The number of fused-ring (bicyclic) bond motifs is 6. The molecule has 29 nitrogen and oxygen atoms in total. The largest absolute Gasteiger partial charge is 0.369 e. The molecule has 14 rings (SSSR count). The Labute approximate surface area is 573 Å². The van der Waals surface area contributed by atoms with Crippen LogP contribution in [0.5, 0.6) is 0 Å². The van der Waals surface area contributed by atoms with E-state index < -0.39 is 10.0 Å². The first-order valence-electron chi connectivity index (χ1n) is 30.9. The van der Waals surface area contributed by atoms with E-state index in [2.05, 4.69) is 102 Å². The maximum Gasteiger partial charge on any atom is 0.279 e. The quantitative estimate of drug-likeness (QED) is 0.0857. The Kier molecular flexibility index (Phi) is 18.8. The van der Waals surface area contributed by atoms with Gasteiger partial charge < -0.3 is 65.8 Å². The summed E-state index contributed by atoms with van der Waals surface area (Å²) in [5, 5.41) is 20.5. The fourth-order valence-electron chi connectivity index (χ4n) is 11.6. The van der Waals surface area contributed by atoms with Crippen LogP contribution in [0.4, 0.5) is 95.8 Å². The van der Waals surface area contributed by atoms with Gasteiger partial charge in [0.2, 0.25) is 27.9 Å². The average Bonchev–Trinajstić information content (AvgIpc) is 1.64. The Morgan fingerprint density at radius 3 is 1.22 bits per heavy atom. The highest BCUT2D eigenvalue weighted by molar-refractivity contribution is 7.88. The van der Waals surface area contributed by atoms with Crippen LogP contribution in [0.15, 0.2) is 79.3 Å². The molecular formula is C64H73N23O6S4. The molecule has 6 aromatic heterocycles. The smallest absolute Gasteiger partial charge is 0.279 e. The van der Waals surface area contributed by atoms with Crippen molar-refractivity contribution in [1.82, 2.24) is 59.8 Å². The summed E-state index contributed by atoms with van der Waals surface area (Å²) in [4.78, 5) is 106. The maximum absolute atomic E-state index is 12.9. The van der Waals surface area contributed by atoms with Gasteiger partial charge in [0.25, 0.3) is 23.6 Å². The number of benzene rings is 3. The first-order valence-corrected chi connectivity index (χ1v) is 35.2. The number of anilines is 17. The first-order chi connectivity index (χ1) is 46.3. The van der Waals surface area contributed by atoms with Crippen LogP contribution in [0.3, 0.4) is 0 Å². The van der Waals surface area contributed by atoms with Crippen molar-refractivity contribution in [3.63, 3.8) is 0 Å². The highest BCUT2D eigenvalue weighted by Crippen LogP contribution is 2.45. The highest BCUT2D eigenvalue weighted by atomic mass is 32.2. The zero-order valence-electron chi connectivity index (χ0n) is 55.8. The Balaban J connectivity index is 0.000000140. The number of hydrogen-bond donors (Lipinski definition) is 5. The van der Waals surface area contributed by atoms with Gasteiger partial charge in [-0.05, 0) is 106 Å². The number of aromatic nitrogens is 9. The predicted molar refractivity (Wildman–Crippen MR) is 385 cm³/mol. The molecule has 0 bridgehead atoms. The standard InChI is InChI=1S/C23H28N8O3S2.C22H26N8OS.C19H19N7O2S/c1-14-12-16(30-8-10-31(11-9-30)36(5,33)34)6-7-17(14)26-23-24-13-18-20(27-23)29(4)22-19(21(32)28(18)3)25-15(2)35-22;1-13-11-15(30-9-7-23-8-10-30)5-6-16(13)26-22-24-12-17-19(27-22)29(4)21-18(20(31)28(17)3)25-14(2)32-21;1-10-22-14-17(28)25(3)13-9-21-19(24-15(13)26(4)18(14)29-10)23-12-7-5-11(6-8-12)16(27)20-2/h6-7,12-13H,8-11H2,1-5H3,(H,24,26,27);5-6,11-12,23H,7-10H2,1-4H3,(H,24,26,27);5-9H,1-4H3,(H,20,27)(H,21,23,24). The van der Waals surface area contributed by atoms with Gasteiger partial charge in [0.05, 0.1) is 39.9 Å². The van der Waals surface area contributed by atoms with Crippen molar-refractivity contribution in [2.45, 2.75) is 34.6 Å². The van der Waals surface area contributed by atoms with E-state index in [4.69, 9.17) is 9.97 Å². The molecule has 33 heteroatoms. The van der Waals surface area contributed by atoms with Crippen molar-refractivity contribution in [2.75, 3.05) is 163 Å². The Hall–Kier alpha value is -10.1. The third-order valence-electron chi connectivity index (χ3n) is 17.0. The number of rotatable bonds is 10. The second-order valence-corrected chi connectivity index (χ2v) is 29.1. The van der Waals surface area contributed by atoms with Gasteiger partial charge in [-0.3, -0.25) is 19.2 Å². The van der Waals surface area contributed by atoms with E-state index in [9.17, 15) is 27.6 Å². The van der Waals surface area contributed by atoms with E-state index in [1.54, 1.807) is 75.9 Å². The summed E-state index contributed by atoms with van der Waals surface area (Å²) >= 11 is 4.39. The fraction of sp³-hybridized carbons (Fsp3) is 0.328. The van der Waals surface area contributed by atoms with Crippen LogP contribution in [-0.4, -0.2) is 189 Å². The monoisotopic (exact) mass is 1390 g/mol. The lowest BCUT2D eigenvalue weighted by molar-refractivity contribution is 0.0959. The molecule has 5 aliphatic heterocycles. The Bertz CT molecular complexity index is 4660. The number of amides is 4. The Morgan fingerprint density at radius 2 is 0.856 bits per heavy atom. The molecule has 0 aliphatic carbocycles. The summed E-state index contributed by atoms with van der Waals surface area (Å²) in [6.07, 6.45) is 6.20. The van der Waals surface area contributed by atoms with Gasteiger partial charge in [-0.2, -0.15) is 19.3 Å². The molecule has 4 amide bonds. The molecule has 5 N–H and O–H groups in total. The van der Waals surface area contributed by atoms with Crippen LogP contribution in [-0.2, 0) is 10.0 Å². The number of piperazine rings is 2. The zero-order chi connectivity index (χ0) is 68.9. The number of thiazole rings is 3. The van der Waals surface area contributed by atoms with Crippen LogP contribution >= 0.6 is 34.0 Å². The molecule has 2 saturated heterocycles. The van der Waals surface area contributed by atoms with Gasteiger partial charge >= 0.3 is 0 Å². The van der Waals surface area contributed by atoms with Crippen LogP contribution in [0.25, 0.3) is 0 Å². The molecule has 5 aliphatic rings. The van der Waals surface area contributed by atoms with E-state index in [-0.39, 0.29) is 23.6 Å². The van der Waals surface area contributed by atoms with Gasteiger partial charge in [0, 0.05) is 136 Å². The minimum absolute atomic E-state index is 0.150. The molecule has 2 fully saturated rings. The second kappa shape index (κ2) is 27.2. The normalized spacial score (nSPS) is 15.3. The molecular weight excluding hydrogens is 1320 g/mol. The number of sulfonamides is 1. The first kappa shape index (κ1) is 66.9. The van der Waals surface area contributed by atoms with Crippen molar-refractivity contribution in [3.8, 4) is 0 Å². The molecule has 3 aromatic carbocycles. The van der Waals surface area contributed by atoms with Crippen LogP contribution < -0.4 is 65.8 Å². The van der Waals surface area contributed by atoms with E-state index in [0.29, 0.717) is 101 Å². The van der Waals surface area contributed by atoms with Crippen molar-refractivity contribution >= 4 is 163 Å². The van der Waals surface area contributed by atoms with Crippen molar-refractivity contribution in [3.05, 3.63) is 128 Å². The number of aryl methyl sites for hydroxylation is 5. The summed E-state index contributed by atoms with van der Waals surface area (Å²) in [5.41, 5.74) is 10.7. The lowest BCUT2D eigenvalue weighted by Gasteiger charge is -2.35. The van der Waals surface area contributed by atoms with E-state index in [1.165, 1.54) is 60.1 Å². The number of carbonyl (C=O) groups is 4. The summed E-state index contributed by atoms with van der Waals surface area (Å²) in [6, 6.07) is 19.5. The lowest BCUT2D eigenvalue weighted by atomic mass is 10.1. The predicted octanol–water partition coefficient (Wildman–Crippen LogP) is 8.50. The minimum atomic E-state index is -3.16. The van der Waals surface area contributed by atoms with Crippen LogP contribution in [0.1, 0.15) is 68.0 Å². The number of nitrogens with one attached hydrogen (secondary N) is 5. The summed E-state index contributed by atoms with van der Waals surface area (Å²) < 4.78 is 25.1. The minimum Gasteiger partial charge on any atom is -0.369 e. The van der Waals surface area contributed by atoms with Gasteiger partial charge in [-0.25, -0.2) is 38.3 Å². The fourth-order valence-corrected chi connectivity index (χ4v) is 15.0. The molecule has 0 saturated carbocycles. The lowest BCUT2D eigenvalue weighted by Crippen LogP contribution is -2.48. The van der Waals surface area contributed by atoms with Gasteiger partial charge in [-0.1, -0.05) is 0 Å². The molecule has 97 heavy (non-hydrogen) atoms. The van der Waals surface area contributed by atoms with Gasteiger partial charge in [0.15, 0.2) is 34.5 Å². The van der Waals surface area contributed by atoms with Gasteiger partial charge in [0.1, 0.15) is 32.1 Å². The van der Waals surface area contributed by atoms with Gasteiger partial charge in [-0.15, -0.1) is 34.0 Å². The molecule has 0 radical (unpaired) electrons. The topological polar surface area (TPSA) is 308 Å². The van der Waals surface area contributed by atoms with Crippen LogP contribution in [0, 0.1) is 34.6 Å². The third-order valence-corrected chi connectivity index (χ3v) is 21.4. The molecule has 504 valence electrons. The number of nitrogens with zero attached hydrogens (tertiary/aromatic N) is 18. The molecule has 0 atom stereocenters. The third kappa shape index (κ3) is 13.6. The summed E-state index contributed by atoms with van der Waals surface area (Å²) in [6.45, 7) is 16.0.